The lowest BCUT2D eigenvalue weighted by atomic mass is 9.78. The summed E-state index contributed by atoms with van der Waals surface area (Å²) >= 11 is 0. The van der Waals surface area contributed by atoms with Crippen LogP contribution in [0.15, 0.2) is 12.3 Å². The average Bonchev–Trinajstić information content (AvgIpc) is 2.62. The van der Waals surface area contributed by atoms with Crippen molar-refractivity contribution in [2.45, 2.75) is 58.5 Å². The van der Waals surface area contributed by atoms with Gasteiger partial charge in [-0.15, -0.1) is 0 Å². The van der Waals surface area contributed by atoms with Gasteiger partial charge in [-0.1, -0.05) is 20.3 Å². The SMILES string of the molecule is CCCO[C@@]1(C(=O)Nc2cnc(OCCOC)c(C)c2)CCC[C@H](C)C1. The van der Waals surface area contributed by atoms with Crippen LogP contribution in [0, 0.1) is 12.8 Å². The first-order chi connectivity index (χ1) is 12.5. The zero-order valence-corrected chi connectivity index (χ0v) is 16.5. The molecular weight excluding hydrogens is 332 g/mol. The molecule has 6 heteroatoms. The summed E-state index contributed by atoms with van der Waals surface area (Å²) in [5, 5.41) is 3.01. The third-order valence-corrected chi connectivity index (χ3v) is 4.77. The van der Waals surface area contributed by atoms with E-state index in [1.807, 2.05) is 13.0 Å². The first kappa shape index (κ1) is 20.6. The van der Waals surface area contributed by atoms with Gasteiger partial charge in [-0.2, -0.15) is 0 Å². The Kier molecular flexibility index (Phi) is 7.85. The topological polar surface area (TPSA) is 69.7 Å². The van der Waals surface area contributed by atoms with Crippen LogP contribution in [0.4, 0.5) is 5.69 Å². The minimum atomic E-state index is -0.727. The summed E-state index contributed by atoms with van der Waals surface area (Å²) in [6.07, 6.45) is 6.24. The Labute approximate surface area is 156 Å². The van der Waals surface area contributed by atoms with E-state index in [1.165, 1.54) is 0 Å². The molecule has 1 aromatic rings. The lowest BCUT2D eigenvalue weighted by Crippen LogP contribution is -2.48. The number of aromatic nitrogens is 1. The van der Waals surface area contributed by atoms with Gasteiger partial charge < -0.3 is 19.5 Å². The van der Waals surface area contributed by atoms with Crippen molar-refractivity contribution in [2.24, 2.45) is 5.92 Å². The number of rotatable bonds is 9. The summed E-state index contributed by atoms with van der Waals surface area (Å²) in [6.45, 7) is 7.72. The van der Waals surface area contributed by atoms with Gasteiger partial charge in [0.2, 0.25) is 5.88 Å². The summed E-state index contributed by atoms with van der Waals surface area (Å²) in [7, 11) is 1.63. The molecule has 1 fully saturated rings. The first-order valence-electron chi connectivity index (χ1n) is 9.54. The number of hydrogen-bond donors (Lipinski definition) is 1. The maximum atomic E-state index is 13.0. The molecule has 0 aromatic carbocycles. The van der Waals surface area contributed by atoms with Crippen molar-refractivity contribution in [1.82, 2.24) is 4.98 Å². The van der Waals surface area contributed by atoms with E-state index >= 15 is 0 Å². The molecule has 6 nitrogen and oxygen atoms in total. The number of anilines is 1. The van der Waals surface area contributed by atoms with Crippen LogP contribution in [0.1, 0.15) is 51.5 Å². The standard InChI is InChI=1S/C20H32N2O4/c1-5-9-26-20(8-6-7-15(2)13-20)19(23)22-17-12-16(3)18(21-14-17)25-11-10-24-4/h12,14-15H,5-11,13H2,1-4H3,(H,22,23)/t15-,20-/m0/s1. The average molecular weight is 364 g/mol. The van der Waals surface area contributed by atoms with Crippen molar-refractivity contribution in [3.05, 3.63) is 17.8 Å². The second kappa shape index (κ2) is 9.88. The Hall–Kier alpha value is -1.66. The van der Waals surface area contributed by atoms with Crippen LogP contribution in [0.5, 0.6) is 5.88 Å². The Morgan fingerprint density at radius 1 is 1.38 bits per heavy atom. The highest BCUT2D eigenvalue weighted by Crippen LogP contribution is 2.36. The monoisotopic (exact) mass is 364 g/mol. The molecule has 146 valence electrons. The molecule has 0 spiro atoms. The molecule has 0 saturated heterocycles. The predicted molar refractivity (Wildman–Crippen MR) is 102 cm³/mol. The van der Waals surface area contributed by atoms with Crippen molar-refractivity contribution < 1.29 is 19.0 Å². The van der Waals surface area contributed by atoms with E-state index in [-0.39, 0.29) is 5.91 Å². The Balaban J connectivity index is 2.07. The van der Waals surface area contributed by atoms with E-state index in [9.17, 15) is 4.79 Å². The van der Waals surface area contributed by atoms with Crippen molar-refractivity contribution in [1.29, 1.82) is 0 Å². The zero-order chi connectivity index (χ0) is 19.0. The van der Waals surface area contributed by atoms with Crippen LogP contribution in [0.3, 0.4) is 0 Å². The Morgan fingerprint density at radius 3 is 2.85 bits per heavy atom. The highest BCUT2D eigenvalue weighted by Gasteiger charge is 2.42. The van der Waals surface area contributed by atoms with Crippen molar-refractivity contribution in [3.63, 3.8) is 0 Å². The number of aryl methyl sites for hydroxylation is 1. The highest BCUT2D eigenvalue weighted by atomic mass is 16.5. The van der Waals surface area contributed by atoms with Gasteiger partial charge in [0.05, 0.1) is 18.5 Å². The molecule has 1 aliphatic rings. The van der Waals surface area contributed by atoms with Gasteiger partial charge in [0.25, 0.3) is 5.91 Å². The molecular formula is C20H32N2O4. The van der Waals surface area contributed by atoms with E-state index in [4.69, 9.17) is 14.2 Å². The summed E-state index contributed by atoms with van der Waals surface area (Å²) in [5.41, 5.74) is 0.818. The molecule has 0 radical (unpaired) electrons. The van der Waals surface area contributed by atoms with Crippen LogP contribution >= 0.6 is 0 Å². The summed E-state index contributed by atoms with van der Waals surface area (Å²) in [5.74, 6) is 0.984. The lowest BCUT2D eigenvalue weighted by molar-refractivity contribution is -0.148. The number of carbonyl (C=O) groups is 1. The second-order valence-electron chi connectivity index (χ2n) is 7.19. The molecule has 2 atom stereocenters. The fourth-order valence-corrected chi connectivity index (χ4v) is 3.45. The molecule has 0 aliphatic heterocycles. The van der Waals surface area contributed by atoms with Crippen LogP contribution in [0.2, 0.25) is 0 Å². The minimum absolute atomic E-state index is 0.0632. The third kappa shape index (κ3) is 5.42. The van der Waals surface area contributed by atoms with Crippen LogP contribution in [0.25, 0.3) is 0 Å². The number of nitrogens with zero attached hydrogens (tertiary/aromatic N) is 1. The van der Waals surface area contributed by atoms with Gasteiger partial charge in [-0.25, -0.2) is 4.98 Å². The maximum Gasteiger partial charge on any atom is 0.256 e. The molecule has 0 unspecified atom stereocenters. The first-order valence-corrected chi connectivity index (χ1v) is 9.54. The van der Waals surface area contributed by atoms with E-state index in [2.05, 4.69) is 24.1 Å². The number of pyridine rings is 1. The van der Waals surface area contributed by atoms with Crippen molar-refractivity contribution in [2.75, 3.05) is 32.2 Å². The van der Waals surface area contributed by atoms with Crippen LogP contribution < -0.4 is 10.1 Å². The number of carbonyl (C=O) groups excluding carboxylic acids is 1. The van der Waals surface area contributed by atoms with E-state index in [1.54, 1.807) is 13.3 Å². The highest BCUT2D eigenvalue weighted by molar-refractivity contribution is 5.97. The van der Waals surface area contributed by atoms with Gasteiger partial charge >= 0.3 is 0 Å². The molecule has 2 rings (SSSR count). The molecule has 1 heterocycles. The molecule has 26 heavy (non-hydrogen) atoms. The molecule has 1 aliphatic carbocycles. The maximum absolute atomic E-state index is 13.0. The largest absolute Gasteiger partial charge is 0.475 e. The van der Waals surface area contributed by atoms with Gasteiger partial charge in [-0.05, 0) is 44.6 Å². The van der Waals surface area contributed by atoms with Gasteiger partial charge in [0.1, 0.15) is 12.2 Å². The molecule has 1 N–H and O–H groups in total. The molecule has 1 saturated carbocycles. The van der Waals surface area contributed by atoms with E-state index < -0.39 is 5.60 Å². The summed E-state index contributed by atoms with van der Waals surface area (Å²) in [6, 6.07) is 1.88. The molecule has 1 aromatic heterocycles. The number of amides is 1. The van der Waals surface area contributed by atoms with Crippen molar-refractivity contribution in [3.8, 4) is 5.88 Å². The molecule has 0 bridgehead atoms. The van der Waals surface area contributed by atoms with E-state index in [0.29, 0.717) is 37.3 Å². The Bertz CT molecular complexity index is 593. The normalized spacial score (nSPS) is 22.8. The fourth-order valence-electron chi connectivity index (χ4n) is 3.45. The van der Waals surface area contributed by atoms with Crippen LogP contribution in [-0.4, -0.2) is 43.4 Å². The fraction of sp³-hybridized carbons (Fsp3) is 0.700. The quantitative estimate of drug-likeness (QED) is 0.676. The summed E-state index contributed by atoms with van der Waals surface area (Å²) < 4.78 is 16.6. The van der Waals surface area contributed by atoms with Gasteiger partial charge in [0.15, 0.2) is 0 Å². The van der Waals surface area contributed by atoms with Gasteiger partial charge in [0, 0.05) is 19.3 Å². The summed E-state index contributed by atoms with van der Waals surface area (Å²) in [4.78, 5) is 17.4. The van der Waals surface area contributed by atoms with Gasteiger partial charge in [-0.3, -0.25) is 4.79 Å². The van der Waals surface area contributed by atoms with Crippen molar-refractivity contribution >= 4 is 11.6 Å². The lowest BCUT2D eigenvalue weighted by Gasteiger charge is -2.38. The minimum Gasteiger partial charge on any atom is -0.475 e. The number of methoxy groups -OCH3 is 1. The smallest absolute Gasteiger partial charge is 0.256 e. The predicted octanol–water partition coefficient (Wildman–Crippen LogP) is 3.73. The molecule has 1 amide bonds. The third-order valence-electron chi connectivity index (χ3n) is 4.77. The Morgan fingerprint density at radius 2 is 2.19 bits per heavy atom. The zero-order valence-electron chi connectivity index (χ0n) is 16.5. The van der Waals surface area contributed by atoms with Crippen LogP contribution in [-0.2, 0) is 14.3 Å². The number of nitrogens with one attached hydrogen (secondary N) is 1. The number of ether oxygens (including phenoxy) is 3. The number of hydrogen-bond acceptors (Lipinski definition) is 5. The second-order valence-corrected chi connectivity index (χ2v) is 7.19. The van der Waals surface area contributed by atoms with E-state index in [0.717, 1.165) is 37.7 Å².